The van der Waals surface area contributed by atoms with Crippen molar-refractivity contribution in [2.24, 2.45) is 0 Å². The van der Waals surface area contributed by atoms with Gasteiger partial charge >= 0.3 is 0 Å². The Morgan fingerprint density at radius 3 is 2.60 bits per heavy atom. The van der Waals surface area contributed by atoms with E-state index in [1.807, 2.05) is 0 Å². The average molecular weight is 310 g/mol. The quantitative estimate of drug-likeness (QED) is 0.863. The van der Waals surface area contributed by atoms with Gasteiger partial charge in [0.25, 0.3) is 5.56 Å². The van der Waals surface area contributed by atoms with E-state index < -0.39 is 9.84 Å². The summed E-state index contributed by atoms with van der Waals surface area (Å²) >= 11 is 5.24. The molecule has 7 heteroatoms. The van der Waals surface area contributed by atoms with Crippen molar-refractivity contribution in [3.05, 3.63) is 33.3 Å². The Bertz CT molecular complexity index is 905. The number of nitrogens with zero attached hydrogens (tertiary/aromatic N) is 1. The SMILES string of the molecule is CS(=O)(=O)c1ccc2[nH]c(=S)n(C3CCC3)c(=O)c2c1. The molecule has 1 saturated carbocycles. The summed E-state index contributed by atoms with van der Waals surface area (Å²) in [7, 11) is -3.33. The third-order valence-electron chi connectivity index (χ3n) is 3.77. The van der Waals surface area contributed by atoms with Gasteiger partial charge in [0.15, 0.2) is 14.6 Å². The van der Waals surface area contributed by atoms with Crippen molar-refractivity contribution in [3.8, 4) is 0 Å². The Kier molecular flexibility index (Phi) is 3.06. The highest BCUT2D eigenvalue weighted by Crippen LogP contribution is 2.30. The van der Waals surface area contributed by atoms with Crippen molar-refractivity contribution in [3.63, 3.8) is 0 Å². The monoisotopic (exact) mass is 310 g/mol. The van der Waals surface area contributed by atoms with Crippen LogP contribution in [0, 0.1) is 4.77 Å². The van der Waals surface area contributed by atoms with Crippen LogP contribution in [0.25, 0.3) is 10.9 Å². The second-order valence-electron chi connectivity index (χ2n) is 5.17. The molecule has 0 spiro atoms. The zero-order chi connectivity index (χ0) is 14.5. The van der Waals surface area contributed by atoms with Gasteiger partial charge in [-0.15, -0.1) is 0 Å². The van der Waals surface area contributed by atoms with Gasteiger partial charge in [-0.05, 0) is 49.7 Å². The van der Waals surface area contributed by atoms with Crippen LogP contribution in [-0.2, 0) is 9.84 Å². The maximum Gasteiger partial charge on any atom is 0.262 e. The molecule has 1 fully saturated rings. The van der Waals surface area contributed by atoms with Gasteiger partial charge in [0, 0.05) is 12.3 Å². The van der Waals surface area contributed by atoms with Crippen molar-refractivity contribution in [2.45, 2.75) is 30.2 Å². The molecular formula is C13H14N2O3S2. The zero-order valence-corrected chi connectivity index (χ0v) is 12.6. The first-order valence-electron chi connectivity index (χ1n) is 6.36. The van der Waals surface area contributed by atoms with Gasteiger partial charge in [-0.3, -0.25) is 9.36 Å². The fraction of sp³-hybridized carbons (Fsp3) is 0.385. The molecule has 1 aromatic heterocycles. The zero-order valence-electron chi connectivity index (χ0n) is 10.9. The molecule has 1 aliphatic carbocycles. The smallest absolute Gasteiger partial charge is 0.262 e. The van der Waals surface area contributed by atoms with E-state index in [9.17, 15) is 13.2 Å². The average Bonchev–Trinajstić information content (AvgIpc) is 2.30. The van der Waals surface area contributed by atoms with Gasteiger partial charge < -0.3 is 4.98 Å². The number of H-pyrrole nitrogens is 1. The number of sulfone groups is 1. The summed E-state index contributed by atoms with van der Waals surface area (Å²) in [4.78, 5) is 15.7. The summed E-state index contributed by atoms with van der Waals surface area (Å²) < 4.78 is 25.2. The second kappa shape index (κ2) is 4.53. The molecule has 1 aromatic carbocycles. The van der Waals surface area contributed by atoms with Gasteiger partial charge in [0.1, 0.15) is 0 Å². The first-order valence-corrected chi connectivity index (χ1v) is 8.66. The van der Waals surface area contributed by atoms with Crippen LogP contribution >= 0.6 is 12.2 Å². The summed E-state index contributed by atoms with van der Waals surface area (Å²) in [6.07, 6.45) is 4.10. The molecule has 3 rings (SSSR count). The summed E-state index contributed by atoms with van der Waals surface area (Å²) in [5, 5.41) is 0.369. The van der Waals surface area contributed by atoms with Crippen LogP contribution in [0.2, 0.25) is 0 Å². The number of aromatic nitrogens is 2. The predicted octanol–water partition coefficient (Wildman–Crippen LogP) is 2.19. The minimum atomic E-state index is -3.33. The topological polar surface area (TPSA) is 71.9 Å². The summed E-state index contributed by atoms with van der Waals surface area (Å²) in [5.74, 6) is 0. The lowest BCUT2D eigenvalue weighted by molar-refractivity contribution is 0.302. The minimum Gasteiger partial charge on any atom is -0.332 e. The third-order valence-corrected chi connectivity index (χ3v) is 5.18. The fourth-order valence-electron chi connectivity index (χ4n) is 2.41. The third kappa shape index (κ3) is 2.10. The Morgan fingerprint density at radius 2 is 2.05 bits per heavy atom. The van der Waals surface area contributed by atoms with Gasteiger partial charge in [-0.1, -0.05) is 0 Å². The van der Waals surface area contributed by atoms with Gasteiger partial charge in [-0.25, -0.2) is 8.42 Å². The normalized spacial score (nSPS) is 16.2. The van der Waals surface area contributed by atoms with Crippen molar-refractivity contribution in [1.82, 2.24) is 9.55 Å². The minimum absolute atomic E-state index is 0.137. The summed E-state index contributed by atoms with van der Waals surface area (Å²) in [6.45, 7) is 0. The molecule has 5 nitrogen and oxygen atoms in total. The van der Waals surface area contributed by atoms with Gasteiger partial charge in [0.2, 0.25) is 0 Å². The second-order valence-corrected chi connectivity index (χ2v) is 7.57. The first-order chi connectivity index (χ1) is 9.38. The van der Waals surface area contributed by atoms with E-state index in [0.29, 0.717) is 15.7 Å². The van der Waals surface area contributed by atoms with Crippen LogP contribution in [0.4, 0.5) is 0 Å². The Labute approximate surface area is 121 Å². The Hall–Kier alpha value is -1.47. The fourth-order valence-corrected chi connectivity index (χ4v) is 3.40. The standard InChI is InChI=1S/C13H14N2O3S2/c1-20(17,18)9-5-6-11-10(7-9)12(16)15(13(19)14-11)8-3-2-4-8/h5-8H,2-4H2,1H3,(H,14,19). The molecule has 0 bridgehead atoms. The maximum atomic E-state index is 12.5. The van der Waals surface area contributed by atoms with E-state index in [-0.39, 0.29) is 16.5 Å². The lowest BCUT2D eigenvalue weighted by atomic mass is 9.93. The van der Waals surface area contributed by atoms with E-state index in [0.717, 1.165) is 25.5 Å². The van der Waals surface area contributed by atoms with Crippen LogP contribution in [0.5, 0.6) is 0 Å². The molecule has 106 valence electrons. The number of hydrogen-bond donors (Lipinski definition) is 1. The van der Waals surface area contributed by atoms with Crippen LogP contribution < -0.4 is 5.56 Å². The number of hydrogen-bond acceptors (Lipinski definition) is 4. The van der Waals surface area contributed by atoms with Crippen LogP contribution in [0.15, 0.2) is 27.9 Å². The molecule has 0 saturated heterocycles. The number of benzene rings is 1. The predicted molar refractivity (Wildman–Crippen MR) is 79.4 cm³/mol. The van der Waals surface area contributed by atoms with Crippen molar-refractivity contribution in [2.75, 3.05) is 6.26 Å². The van der Waals surface area contributed by atoms with Gasteiger partial charge in [-0.2, -0.15) is 0 Å². The van der Waals surface area contributed by atoms with E-state index >= 15 is 0 Å². The highest BCUT2D eigenvalue weighted by atomic mass is 32.2. The molecule has 20 heavy (non-hydrogen) atoms. The molecule has 2 aromatic rings. The first kappa shape index (κ1) is 13.5. The Morgan fingerprint density at radius 1 is 1.35 bits per heavy atom. The molecular weight excluding hydrogens is 296 g/mol. The van der Waals surface area contributed by atoms with Gasteiger partial charge in [0.05, 0.1) is 15.8 Å². The number of aromatic amines is 1. The molecule has 1 aliphatic rings. The summed E-state index contributed by atoms with van der Waals surface area (Å²) in [5.41, 5.74) is 0.363. The highest BCUT2D eigenvalue weighted by Gasteiger charge is 2.22. The Balaban J connectivity index is 2.34. The molecule has 0 aliphatic heterocycles. The van der Waals surface area contributed by atoms with Crippen LogP contribution in [0.3, 0.4) is 0 Å². The molecule has 1 heterocycles. The highest BCUT2D eigenvalue weighted by molar-refractivity contribution is 7.90. The van der Waals surface area contributed by atoms with Crippen molar-refractivity contribution >= 4 is 33.0 Å². The number of fused-ring (bicyclic) bond motifs is 1. The molecule has 0 atom stereocenters. The molecule has 0 unspecified atom stereocenters. The molecule has 0 radical (unpaired) electrons. The molecule has 0 amide bonds. The number of nitrogens with one attached hydrogen (secondary N) is 1. The lowest BCUT2D eigenvalue weighted by Crippen LogP contribution is -2.30. The largest absolute Gasteiger partial charge is 0.332 e. The van der Waals surface area contributed by atoms with E-state index in [1.165, 1.54) is 12.1 Å². The maximum absolute atomic E-state index is 12.5. The van der Waals surface area contributed by atoms with E-state index in [1.54, 1.807) is 10.6 Å². The van der Waals surface area contributed by atoms with E-state index in [4.69, 9.17) is 12.2 Å². The van der Waals surface area contributed by atoms with Crippen molar-refractivity contribution in [1.29, 1.82) is 0 Å². The lowest BCUT2D eigenvalue weighted by Gasteiger charge is -2.27. The number of rotatable bonds is 2. The van der Waals surface area contributed by atoms with Crippen LogP contribution in [-0.4, -0.2) is 24.2 Å². The van der Waals surface area contributed by atoms with Crippen LogP contribution in [0.1, 0.15) is 25.3 Å². The summed E-state index contributed by atoms with van der Waals surface area (Å²) in [6, 6.07) is 4.63. The molecule has 1 N–H and O–H groups in total. The van der Waals surface area contributed by atoms with E-state index in [2.05, 4.69) is 4.98 Å². The van der Waals surface area contributed by atoms with Crippen molar-refractivity contribution < 1.29 is 8.42 Å².